The van der Waals surface area contributed by atoms with Crippen LogP contribution in [0.2, 0.25) is 0 Å². The van der Waals surface area contributed by atoms with E-state index in [0.29, 0.717) is 18.7 Å². The lowest BCUT2D eigenvalue weighted by Crippen LogP contribution is -2.37. The fourth-order valence-electron chi connectivity index (χ4n) is 1.71. The predicted octanol–water partition coefficient (Wildman–Crippen LogP) is 1.34. The van der Waals surface area contributed by atoms with E-state index in [1.807, 2.05) is 6.07 Å². The van der Waals surface area contributed by atoms with Gasteiger partial charge in [-0.3, -0.25) is 14.4 Å². The summed E-state index contributed by atoms with van der Waals surface area (Å²) in [6.07, 6.45) is -0.888. The van der Waals surface area contributed by atoms with Crippen LogP contribution >= 0.6 is 0 Å². The van der Waals surface area contributed by atoms with E-state index in [1.54, 1.807) is 24.3 Å². The Morgan fingerprint density at radius 1 is 1.14 bits per heavy atom. The van der Waals surface area contributed by atoms with Crippen LogP contribution in [0.1, 0.15) is 30.1 Å². The number of nitrogens with one attached hydrogen (secondary N) is 1. The Labute approximate surface area is 129 Å². The smallest absolute Gasteiger partial charge is 0.307 e. The minimum atomic E-state index is -0.892. The molecule has 0 heterocycles. The highest BCUT2D eigenvalue weighted by molar-refractivity contribution is 5.97. The Morgan fingerprint density at radius 3 is 2.45 bits per heavy atom. The molecule has 1 atom stereocenters. The van der Waals surface area contributed by atoms with Gasteiger partial charge in [0.15, 0.2) is 11.9 Å². The maximum atomic E-state index is 11.8. The van der Waals surface area contributed by atoms with Crippen molar-refractivity contribution < 1.29 is 23.9 Å². The highest BCUT2D eigenvalue weighted by Gasteiger charge is 2.18. The zero-order valence-corrected chi connectivity index (χ0v) is 12.8. The van der Waals surface area contributed by atoms with Crippen molar-refractivity contribution in [1.82, 2.24) is 5.32 Å². The third-order valence-electron chi connectivity index (χ3n) is 2.93. The van der Waals surface area contributed by atoms with E-state index in [-0.39, 0.29) is 24.5 Å². The van der Waals surface area contributed by atoms with Crippen molar-refractivity contribution in [2.24, 2.45) is 0 Å². The molecule has 0 bridgehead atoms. The number of amides is 1. The van der Waals surface area contributed by atoms with Crippen molar-refractivity contribution in [3.63, 3.8) is 0 Å². The SMILES string of the molecule is COCCNC(=O)[C@@H](C)OC(=O)CCC(=O)c1ccccc1. The molecule has 0 spiro atoms. The van der Waals surface area contributed by atoms with E-state index >= 15 is 0 Å². The third kappa shape index (κ3) is 6.49. The van der Waals surface area contributed by atoms with E-state index in [9.17, 15) is 14.4 Å². The summed E-state index contributed by atoms with van der Waals surface area (Å²) in [5, 5.41) is 2.57. The van der Waals surface area contributed by atoms with Crippen molar-refractivity contribution in [2.45, 2.75) is 25.9 Å². The van der Waals surface area contributed by atoms with Crippen LogP contribution in [0.15, 0.2) is 30.3 Å². The van der Waals surface area contributed by atoms with Gasteiger partial charge in [0.05, 0.1) is 13.0 Å². The number of carbonyl (C=O) groups is 3. The largest absolute Gasteiger partial charge is 0.453 e. The summed E-state index contributed by atoms with van der Waals surface area (Å²) < 4.78 is 9.79. The predicted molar refractivity (Wildman–Crippen MR) is 80.4 cm³/mol. The topological polar surface area (TPSA) is 81.7 Å². The Hall–Kier alpha value is -2.21. The maximum absolute atomic E-state index is 11.8. The lowest BCUT2D eigenvalue weighted by molar-refractivity contribution is -0.154. The molecule has 1 rings (SSSR count). The van der Waals surface area contributed by atoms with Crippen LogP contribution < -0.4 is 5.32 Å². The molecule has 1 aromatic carbocycles. The fraction of sp³-hybridized carbons (Fsp3) is 0.438. The van der Waals surface area contributed by atoms with Crippen molar-refractivity contribution in [3.05, 3.63) is 35.9 Å². The molecule has 120 valence electrons. The van der Waals surface area contributed by atoms with Crippen LogP contribution in [0.5, 0.6) is 0 Å². The summed E-state index contributed by atoms with van der Waals surface area (Å²) in [7, 11) is 1.53. The number of benzene rings is 1. The molecule has 0 radical (unpaired) electrons. The van der Waals surface area contributed by atoms with E-state index in [2.05, 4.69) is 5.32 Å². The van der Waals surface area contributed by atoms with E-state index in [1.165, 1.54) is 14.0 Å². The van der Waals surface area contributed by atoms with Gasteiger partial charge in [-0.05, 0) is 6.92 Å². The molecule has 1 aromatic rings. The van der Waals surface area contributed by atoms with Crippen molar-refractivity contribution in [2.75, 3.05) is 20.3 Å². The number of ketones is 1. The van der Waals surface area contributed by atoms with Gasteiger partial charge in [0.2, 0.25) is 0 Å². The number of esters is 1. The van der Waals surface area contributed by atoms with E-state index in [4.69, 9.17) is 9.47 Å². The quantitative estimate of drug-likeness (QED) is 0.423. The highest BCUT2D eigenvalue weighted by atomic mass is 16.5. The number of rotatable bonds is 9. The second-order valence-corrected chi connectivity index (χ2v) is 4.71. The Balaban J connectivity index is 2.30. The lowest BCUT2D eigenvalue weighted by atomic mass is 10.1. The highest BCUT2D eigenvalue weighted by Crippen LogP contribution is 2.06. The molecule has 0 unspecified atom stereocenters. The average Bonchev–Trinajstić information content (AvgIpc) is 2.53. The minimum Gasteiger partial charge on any atom is -0.453 e. The van der Waals surface area contributed by atoms with Gasteiger partial charge in [-0.15, -0.1) is 0 Å². The summed E-state index contributed by atoms with van der Waals surface area (Å²) in [6.45, 7) is 2.22. The third-order valence-corrected chi connectivity index (χ3v) is 2.93. The summed E-state index contributed by atoms with van der Waals surface area (Å²) in [6, 6.07) is 8.73. The molecule has 0 saturated heterocycles. The Kier molecular flexibility index (Phi) is 7.85. The molecule has 22 heavy (non-hydrogen) atoms. The standard InChI is InChI=1S/C16H21NO5/c1-12(16(20)17-10-11-21-2)22-15(19)9-8-14(18)13-6-4-3-5-7-13/h3-7,12H,8-11H2,1-2H3,(H,17,20)/t12-/m1/s1. The molecule has 1 N–H and O–H groups in total. The van der Waals surface area contributed by atoms with Crippen molar-refractivity contribution >= 4 is 17.7 Å². The Morgan fingerprint density at radius 2 is 1.82 bits per heavy atom. The van der Waals surface area contributed by atoms with Crippen LogP contribution in [-0.2, 0) is 19.1 Å². The molecular formula is C16H21NO5. The molecule has 1 amide bonds. The summed E-state index contributed by atoms with van der Waals surface area (Å²) in [5.74, 6) is -1.09. The molecule has 0 fully saturated rings. The van der Waals surface area contributed by atoms with Crippen LogP contribution in [0.3, 0.4) is 0 Å². The Bertz CT molecular complexity index is 501. The molecule has 6 heteroatoms. The first-order chi connectivity index (χ1) is 10.5. The second-order valence-electron chi connectivity index (χ2n) is 4.71. The van der Waals surface area contributed by atoms with Gasteiger partial charge in [-0.25, -0.2) is 0 Å². The molecule has 0 aliphatic heterocycles. The maximum Gasteiger partial charge on any atom is 0.307 e. The zero-order valence-electron chi connectivity index (χ0n) is 12.8. The van der Waals surface area contributed by atoms with Crippen molar-refractivity contribution in [3.8, 4) is 0 Å². The summed E-state index contributed by atoms with van der Waals surface area (Å²) in [5.41, 5.74) is 0.556. The summed E-state index contributed by atoms with van der Waals surface area (Å²) >= 11 is 0. The first kappa shape index (κ1) is 17.8. The van der Waals surface area contributed by atoms with Crippen LogP contribution in [0.25, 0.3) is 0 Å². The first-order valence-electron chi connectivity index (χ1n) is 7.09. The zero-order chi connectivity index (χ0) is 16.4. The average molecular weight is 307 g/mol. The van der Waals surface area contributed by atoms with Crippen LogP contribution in [0, 0.1) is 0 Å². The molecule has 0 aromatic heterocycles. The number of hydrogen-bond acceptors (Lipinski definition) is 5. The van der Waals surface area contributed by atoms with Crippen LogP contribution in [0.4, 0.5) is 0 Å². The van der Waals surface area contributed by atoms with Gasteiger partial charge in [-0.2, -0.15) is 0 Å². The van der Waals surface area contributed by atoms with Crippen LogP contribution in [-0.4, -0.2) is 44.0 Å². The molecule has 0 aliphatic rings. The number of ether oxygens (including phenoxy) is 2. The first-order valence-corrected chi connectivity index (χ1v) is 7.09. The van der Waals surface area contributed by atoms with E-state index < -0.39 is 12.1 Å². The molecule has 0 saturated carbocycles. The monoisotopic (exact) mass is 307 g/mol. The van der Waals surface area contributed by atoms with E-state index in [0.717, 1.165) is 0 Å². The molecular weight excluding hydrogens is 286 g/mol. The second kappa shape index (κ2) is 9.68. The summed E-state index contributed by atoms with van der Waals surface area (Å²) in [4.78, 5) is 35.1. The van der Waals surface area contributed by atoms with Crippen molar-refractivity contribution in [1.29, 1.82) is 0 Å². The lowest BCUT2D eigenvalue weighted by Gasteiger charge is -2.13. The van der Waals surface area contributed by atoms with Gasteiger partial charge in [-0.1, -0.05) is 30.3 Å². The molecule has 0 aliphatic carbocycles. The van der Waals surface area contributed by atoms with Gasteiger partial charge in [0.25, 0.3) is 5.91 Å². The van der Waals surface area contributed by atoms with Gasteiger partial charge < -0.3 is 14.8 Å². The van der Waals surface area contributed by atoms with Gasteiger partial charge >= 0.3 is 5.97 Å². The van der Waals surface area contributed by atoms with Gasteiger partial charge in [0, 0.05) is 25.6 Å². The molecule has 6 nitrogen and oxygen atoms in total. The number of hydrogen-bond donors (Lipinski definition) is 1. The fourth-order valence-corrected chi connectivity index (χ4v) is 1.71. The minimum absolute atomic E-state index is 0.0522. The number of carbonyl (C=O) groups excluding carboxylic acids is 3. The van der Waals surface area contributed by atoms with Gasteiger partial charge in [0.1, 0.15) is 0 Å². The number of Topliss-reactive ketones (excluding diaryl/α,β-unsaturated/α-hetero) is 1. The normalized spacial score (nSPS) is 11.5. The number of methoxy groups -OCH3 is 1.